The summed E-state index contributed by atoms with van der Waals surface area (Å²) in [7, 11) is 0. The van der Waals surface area contributed by atoms with Gasteiger partial charge in [0.1, 0.15) is 5.82 Å². The van der Waals surface area contributed by atoms with Crippen LogP contribution in [0.4, 0.5) is 5.82 Å². The first kappa shape index (κ1) is 16.8. The van der Waals surface area contributed by atoms with Crippen LogP contribution in [-0.4, -0.2) is 54.6 Å². The Labute approximate surface area is 153 Å². The first-order valence-electron chi connectivity index (χ1n) is 9.29. The Morgan fingerprint density at radius 2 is 1.96 bits per heavy atom. The van der Waals surface area contributed by atoms with E-state index in [0.29, 0.717) is 18.0 Å². The molecule has 0 saturated carbocycles. The van der Waals surface area contributed by atoms with E-state index in [1.807, 2.05) is 30.3 Å². The molecule has 4 rings (SSSR count). The molecule has 6 heteroatoms. The molecule has 2 saturated heterocycles. The number of nitrogens with one attached hydrogen (secondary N) is 1. The van der Waals surface area contributed by atoms with E-state index in [2.05, 4.69) is 21.2 Å². The summed E-state index contributed by atoms with van der Waals surface area (Å²) in [6, 6.07) is 12.4. The van der Waals surface area contributed by atoms with Gasteiger partial charge in [0, 0.05) is 50.6 Å². The number of pyridine rings is 1. The van der Waals surface area contributed by atoms with Crippen LogP contribution in [0, 0.1) is 11.3 Å². The molecule has 2 aliphatic heterocycles. The number of carbonyl (C=O) groups excluding carboxylic acids is 1. The average Bonchev–Trinajstić information content (AvgIpc) is 2.92. The van der Waals surface area contributed by atoms with Crippen LogP contribution in [0.25, 0.3) is 10.9 Å². The van der Waals surface area contributed by atoms with Crippen LogP contribution in [0.2, 0.25) is 0 Å². The summed E-state index contributed by atoms with van der Waals surface area (Å²) >= 11 is 0. The summed E-state index contributed by atoms with van der Waals surface area (Å²) in [4.78, 5) is 21.2. The van der Waals surface area contributed by atoms with Crippen LogP contribution in [0.1, 0.15) is 24.8 Å². The molecule has 0 aliphatic carbocycles. The third-order valence-electron chi connectivity index (χ3n) is 5.46. The molecule has 6 nitrogen and oxygen atoms in total. The topological polar surface area (TPSA) is 72.3 Å². The number of carbonyl (C=O) groups is 1. The number of hydrogen-bond donors (Lipinski definition) is 1. The highest BCUT2D eigenvalue weighted by atomic mass is 16.1. The zero-order valence-electron chi connectivity index (χ0n) is 14.8. The van der Waals surface area contributed by atoms with Crippen molar-refractivity contribution < 1.29 is 4.79 Å². The lowest BCUT2D eigenvalue weighted by atomic mass is 10.1. The van der Waals surface area contributed by atoms with Gasteiger partial charge in [0.15, 0.2) is 0 Å². The summed E-state index contributed by atoms with van der Waals surface area (Å²) in [6.07, 6.45) is 2.64. The zero-order chi connectivity index (χ0) is 17.9. The molecular formula is C20H23N5O. The zero-order valence-corrected chi connectivity index (χ0v) is 14.8. The molecule has 1 aromatic heterocycles. The van der Waals surface area contributed by atoms with E-state index in [-0.39, 0.29) is 5.91 Å². The van der Waals surface area contributed by atoms with E-state index in [4.69, 9.17) is 10.2 Å². The summed E-state index contributed by atoms with van der Waals surface area (Å²) < 4.78 is 0. The minimum atomic E-state index is 0.186. The molecular weight excluding hydrogens is 326 g/mol. The van der Waals surface area contributed by atoms with Crippen molar-refractivity contribution in [3.63, 3.8) is 0 Å². The van der Waals surface area contributed by atoms with Gasteiger partial charge in [-0.3, -0.25) is 9.69 Å². The third kappa shape index (κ3) is 3.49. The van der Waals surface area contributed by atoms with E-state index in [1.54, 1.807) is 0 Å². The number of benzene rings is 1. The SMILES string of the molecule is N#Cc1ccc2nc(N3CCN(C4CCNC(=O)CC4)CC3)ccc2c1. The third-order valence-corrected chi connectivity index (χ3v) is 5.46. The molecule has 2 aliphatic rings. The lowest BCUT2D eigenvalue weighted by Gasteiger charge is -2.39. The van der Waals surface area contributed by atoms with Gasteiger partial charge < -0.3 is 10.2 Å². The van der Waals surface area contributed by atoms with Crippen molar-refractivity contribution in [1.29, 1.82) is 5.26 Å². The quantitative estimate of drug-likeness (QED) is 0.896. The highest BCUT2D eigenvalue weighted by molar-refractivity contribution is 5.81. The van der Waals surface area contributed by atoms with Crippen LogP contribution in [0.3, 0.4) is 0 Å². The number of rotatable bonds is 2. The molecule has 1 aromatic carbocycles. The van der Waals surface area contributed by atoms with Crippen molar-refractivity contribution >= 4 is 22.6 Å². The molecule has 0 spiro atoms. The van der Waals surface area contributed by atoms with E-state index in [0.717, 1.165) is 62.3 Å². The molecule has 26 heavy (non-hydrogen) atoms. The molecule has 0 bridgehead atoms. The highest BCUT2D eigenvalue weighted by Crippen LogP contribution is 2.22. The molecule has 1 atom stereocenters. The van der Waals surface area contributed by atoms with E-state index >= 15 is 0 Å². The molecule has 3 heterocycles. The van der Waals surface area contributed by atoms with Crippen molar-refractivity contribution in [3.05, 3.63) is 35.9 Å². The van der Waals surface area contributed by atoms with Crippen molar-refractivity contribution in [1.82, 2.24) is 15.2 Å². The second kappa shape index (κ2) is 7.30. The largest absolute Gasteiger partial charge is 0.356 e. The fraction of sp³-hybridized carbons (Fsp3) is 0.450. The smallest absolute Gasteiger partial charge is 0.220 e. The normalized spacial score (nSPS) is 21.9. The summed E-state index contributed by atoms with van der Waals surface area (Å²) in [5.74, 6) is 1.19. The number of nitriles is 1. The van der Waals surface area contributed by atoms with Crippen molar-refractivity contribution in [2.75, 3.05) is 37.6 Å². The van der Waals surface area contributed by atoms with Crippen LogP contribution in [0.5, 0.6) is 0 Å². The number of fused-ring (bicyclic) bond motifs is 1. The van der Waals surface area contributed by atoms with Crippen LogP contribution in [0.15, 0.2) is 30.3 Å². The van der Waals surface area contributed by atoms with Crippen molar-refractivity contribution in [2.45, 2.75) is 25.3 Å². The number of hydrogen-bond acceptors (Lipinski definition) is 5. The lowest BCUT2D eigenvalue weighted by molar-refractivity contribution is -0.120. The standard InChI is InChI=1S/C20H23N5O/c21-14-15-1-4-18-16(13-15)2-5-19(23-18)25-11-9-24(10-12-25)17-3-6-20(26)22-8-7-17/h1-2,4-5,13,17H,3,6-12H2,(H,22,26). The Morgan fingerprint density at radius 3 is 2.77 bits per heavy atom. The van der Waals surface area contributed by atoms with E-state index in [1.165, 1.54) is 0 Å². The molecule has 2 aromatic rings. The van der Waals surface area contributed by atoms with Gasteiger partial charge in [0.25, 0.3) is 0 Å². The second-order valence-electron chi connectivity index (χ2n) is 7.04. The summed E-state index contributed by atoms with van der Waals surface area (Å²) in [5.41, 5.74) is 1.59. The van der Waals surface area contributed by atoms with Gasteiger partial charge >= 0.3 is 0 Å². The first-order chi connectivity index (χ1) is 12.7. The number of anilines is 1. The number of nitrogens with zero attached hydrogens (tertiary/aromatic N) is 4. The lowest BCUT2D eigenvalue weighted by Crippen LogP contribution is -2.50. The Bertz CT molecular complexity index is 851. The Kier molecular flexibility index (Phi) is 4.72. The van der Waals surface area contributed by atoms with Gasteiger partial charge in [0.05, 0.1) is 17.1 Å². The van der Waals surface area contributed by atoms with E-state index in [9.17, 15) is 4.79 Å². The van der Waals surface area contributed by atoms with Gasteiger partial charge in [-0.25, -0.2) is 4.98 Å². The molecule has 134 valence electrons. The predicted molar refractivity (Wildman–Crippen MR) is 101 cm³/mol. The summed E-state index contributed by atoms with van der Waals surface area (Å²) in [5, 5.41) is 13.0. The van der Waals surface area contributed by atoms with Gasteiger partial charge in [-0.2, -0.15) is 5.26 Å². The summed E-state index contributed by atoms with van der Waals surface area (Å²) in [6.45, 7) is 4.71. The fourth-order valence-electron chi connectivity index (χ4n) is 3.95. The number of piperazine rings is 1. The van der Waals surface area contributed by atoms with Crippen LogP contribution in [-0.2, 0) is 4.79 Å². The van der Waals surface area contributed by atoms with Gasteiger partial charge in [-0.15, -0.1) is 0 Å². The minimum absolute atomic E-state index is 0.186. The second-order valence-corrected chi connectivity index (χ2v) is 7.04. The molecule has 1 unspecified atom stereocenters. The maximum atomic E-state index is 11.5. The van der Waals surface area contributed by atoms with Gasteiger partial charge in [-0.05, 0) is 43.2 Å². The van der Waals surface area contributed by atoms with Crippen LogP contribution >= 0.6 is 0 Å². The predicted octanol–water partition coefficient (Wildman–Crippen LogP) is 1.90. The Morgan fingerprint density at radius 1 is 1.12 bits per heavy atom. The molecule has 0 radical (unpaired) electrons. The fourth-order valence-corrected chi connectivity index (χ4v) is 3.95. The molecule has 1 N–H and O–H groups in total. The van der Waals surface area contributed by atoms with Crippen molar-refractivity contribution in [2.24, 2.45) is 0 Å². The number of aromatic nitrogens is 1. The Balaban J connectivity index is 1.42. The molecule has 2 fully saturated rings. The first-order valence-corrected chi connectivity index (χ1v) is 9.29. The van der Waals surface area contributed by atoms with Crippen molar-refractivity contribution in [3.8, 4) is 6.07 Å². The maximum Gasteiger partial charge on any atom is 0.220 e. The monoisotopic (exact) mass is 349 g/mol. The van der Waals surface area contributed by atoms with Gasteiger partial charge in [-0.1, -0.05) is 0 Å². The maximum absolute atomic E-state index is 11.5. The highest BCUT2D eigenvalue weighted by Gasteiger charge is 2.26. The van der Waals surface area contributed by atoms with E-state index < -0.39 is 0 Å². The van der Waals surface area contributed by atoms with Crippen LogP contribution < -0.4 is 10.2 Å². The Hall–Kier alpha value is -2.65. The molecule has 1 amide bonds. The average molecular weight is 349 g/mol. The number of amides is 1. The minimum Gasteiger partial charge on any atom is -0.356 e. The van der Waals surface area contributed by atoms with Gasteiger partial charge in [0.2, 0.25) is 5.91 Å².